The van der Waals surface area contributed by atoms with E-state index in [1.165, 1.54) is 11.8 Å². The van der Waals surface area contributed by atoms with Crippen molar-refractivity contribution in [3.8, 4) is 5.69 Å². The van der Waals surface area contributed by atoms with E-state index in [2.05, 4.69) is 9.88 Å². The van der Waals surface area contributed by atoms with Crippen LogP contribution in [-0.2, 0) is 4.79 Å². The summed E-state index contributed by atoms with van der Waals surface area (Å²) in [6, 6.07) is 9.75. The molecule has 0 spiro atoms. The fourth-order valence-electron chi connectivity index (χ4n) is 2.50. The van der Waals surface area contributed by atoms with Crippen molar-refractivity contribution in [2.24, 2.45) is 0 Å². The van der Waals surface area contributed by atoms with E-state index in [9.17, 15) is 4.79 Å². The number of carbonyl (C=O) groups excluding carboxylic acids is 1. The Labute approximate surface area is 143 Å². The minimum atomic E-state index is -0.141. The largest absolute Gasteiger partial charge is 0.316 e. The molecule has 1 aliphatic heterocycles. The molecule has 0 unspecified atom stereocenters. The predicted octanol–water partition coefficient (Wildman–Crippen LogP) is 4.24. The van der Waals surface area contributed by atoms with Crippen LogP contribution in [0.4, 0.5) is 0 Å². The van der Waals surface area contributed by atoms with E-state index in [4.69, 9.17) is 23.8 Å². The van der Waals surface area contributed by atoms with E-state index in [0.717, 1.165) is 22.6 Å². The van der Waals surface area contributed by atoms with Crippen molar-refractivity contribution in [3.05, 3.63) is 57.2 Å². The zero-order chi connectivity index (χ0) is 15.9. The third kappa shape index (κ3) is 2.72. The molecule has 0 aliphatic carbocycles. The number of halogens is 1. The van der Waals surface area contributed by atoms with Gasteiger partial charge in [-0.05, 0) is 43.7 Å². The highest BCUT2D eigenvalue weighted by atomic mass is 35.5. The molecular weight excluding hydrogens is 336 g/mol. The fourth-order valence-corrected chi connectivity index (χ4v) is 3.76. The first-order valence-electron chi connectivity index (χ1n) is 6.66. The number of benzene rings is 1. The minimum Gasteiger partial charge on any atom is -0.316 e. The Hall–Kier alpha value is -1.56. The Kier molecular flexibility index (Phi) is 4.12. The van der Waals surface area contributed by atoms with Gasteiger partial charge in [0.1, 0.15) is 4.32 Å². The maximum atomic E-state index is 11.8. The molecule has 1 amide bonds. The second-order valence-corrected chi connectivity index (χ2v) is 7.09. The molecular formula is C16H13ClN2OS2. The topological polar surface area (TPSA) is 34.0 Å². The van der Waals surface area contributed by atoms with Crippen LogP contribution in [0.3, 0.4) is 0 Å². The van der Waals surface area contributed by atoms with Gasteiger partial charge in [-0.2, -0.15) is 0 Å². The van der Waals surface area contributed by atoms with Gasteiger partial charge in [-0.3, -0.25) is 4.79 Å². The maximum absolute atomic E-state index is 11.8. The smallest absolute Gasteiger partial charge is 0.263 e. The number of nitrogens with zero attached hydrogens (tertiary/aromatic N) is 1. The van der Waals surface area contributed by atoms with Gasteiger partial charge in [0.2, 0.25) is 0 Å². The summed E-state index contributed by atoms with van der Waals surface area (Å²) < 4.78 is 2.58. The summed E-state index contributed by atoms with van der Waals surface area (Å²) in [4.78, 5) is 12.4. The van der Waals surface area contributed by atoms with Crippen LogP contribution in [0.25, 0.3) is 11.8 Å². The van der Waals surface area contributed by atoms with Gasteiger partial charge >= 0.3 is 0 Å². The molecule has 1 N–H and O–H groups in total. The van der Waals surface area contributed by atoms with E-state index in [1.807, 2.05) is 50.3 Å². The number of rotatable bonds is 2. The van der Waals surface area contributed by atoms with Gasteiger partial charge in [-0.15, -0.1) is 0 Å². The molecule has 1 aromatic heterocycles. The van der Waals surface area contributed by atoms with Gasteiger partial charge in [0.15, 0.2) is 0 Å². The number of carbonyl (C=O) groups is 1. The molecule has 1 fully saturated rings. The molecule has 0 saturated carbocycles. The number of aromatic nitrogens is 1. The second kappa shape index (κ2) is 5.91. The van der Waals surface area contributed by atoms with Crippen LogP contribution in [0.2, 0.25) is 5.02 Å². The van der Waals surface area contributed by atoms with E-state index >= 15 is 0 Å². The lowest BCUT2D eigenvalue weighted by Gasteiger charge is -2.11. The molecule has 1 saturated heterocycles. The van der Waals surface area contributed by atoms with Crippen LogP contribution < -0.4 is 5.32 Å². The average molecular weight is 349 g/mol. The third-order valence-electron chi connectivity index (χ3n) is 3.49. The normalized spacial score (nSPS) is 16.4. The van der Waals surface area contributed by atoms with Crippen LogP contribution in [0.5, 0.6) is 0 Å². The number of hydrogen-bond acceptors (Lipinski definition) is 3. The molecule has 1 aliphatic rings. The van der Waals surface area contributed by atoms with Crippen molar-refractivity contribution in [1.29, 1.82) is 0 Å². The highest BCUT2D eigenvalue weighted by Gasteiger charge is 2.23. The van der Waals surface area contributed by atoms with E-state index in [1.54, 1.807) is 0 Å². The monoisotopic (exact) mass is 348 g/mol. The summed E-state index contributed by atoms with van der Waals surface area (Å²) in [6.07, 6.45) is 1.87. The molecule has 22 heavy (non-hydrogen) atoms. The molecule has 0 radical (unpaired) electrons. The Balaban J connectivity index is 2.09. The van der Waals surface area contributed by atoms with Crippen LogP contribution >= 0.6 is 35.6 Å². The van der Waals surface area contributed by atoms with Crippen LogP contribution in [-0.4, -0.2) is 14.8 Å². The van der Waals surface area contributed by atoms with Crippen molar-refractivity contribution in [3.63, 3.8) is 0 Å². The highest BCUT2D eigenvalue weighted by Crippen LogP contribution is 2.30. The first-order chi connectivity index (χ1) is 10.5. The van der Waals surface area contributed by atoms with Crippen molar-refractivity contribution in [2.75, 3.05) is 0 Å². The summed E-state index contributed by atoms with van der Waals surface area (Å²) in [5, 5.41) is 3.32. The molecule has 2 aromatic rings. The summed E-state index contributed by atoms with van der Waals surface area (Å²) in [6.45, 7) is 4.03. The molecule has 3 nitrogen and oxygen atoms in total. The second-order valence-electron chi connectivity index (χ2n) is 4.97. The molecule has 0 bridgehead atoms. The molecule has 2 heterocycles. The lowest BCUT2D eigenvalue weighted by molar-refractivity contribution is -0.115. The molecule has 3 rings (SSSR count). The summed E-state index contributed by atoms with van der Waals surface area (Å²) in [5.41, 5.74) is 4.01. The van der Waals surface area contributed by atoms with Gasteiger partial charge in [-0.1, -0.05) is 47.7 Å². The molecule has 112 valence electrons. The number of hydrogen-bond donors (Lipinski definition) is 1. The van der Waals surface area contributed by atoms with E-state index < -0.39 is 0 Å². The lowest BCUT2D eigenvalue weighted by Crippen LogP contribution is -2.17. The molecule has 0 atom stereocenters. The Morgan fingerprint density at radius 1 is 1.32 bits per heavy atom. The first-order valence-corrected chi connectivity index (χ1v) is 8.26. The van der Waals surface area contributed by atoms with Gasteiger partial charge < -0.3 is 9.88 Å². The van der Waals surface area contributed by atoms with Crippen LogP contribution in [0.1, 0.15) is 17.0 Å². The molecule has 6 heteroatoms. The van der Waals surface area contributed by atoms with Gasteiger partial charge in [-0.25, -0.2) is 0 Å². The lowest BCUT2D eigenvalue weighted by atomic mass is 10.2. The quantitative estimate of drug-likeness (QED) is 0.651. The summed E-state index contributed by atoms with van der Waals surface area (Å²) in [5.74, 6) is -0.141. The van der Waals surface area contributed by atoms with Gasteiger partial charge in [0.25, 0.3) is 5.91 Å². The maximum Gasteiger partial charge on any atom is 0.263 e. The van der Waals surface area contributed by atoms with Crippen molar-refractivity contribution in [1.82, 2.24) is 9.88 Å². The van der Waals surface area contributed by atoms with Gasteiger partial charge in [0.05, 0.1) is 15.6 Å². The number of nitrogens with one attached hydrogen (secondary N) is 1. The SMILES string of the molecule is Cc1cc(/C=C2\SC(=S)NC2=O)c(C)n1-c1ccccc1Cl. The first kappa shape index (κ1) is 15.3. The Bertz CT molecular complexity index is 824. The zero-order valence-corrected chi connectivity index (χ0v) is 14.4. The average Bonchev–Trinajstić information content (AvgIpc) is 2.91. The fraction of sp³-hybridized carbons (Fsp3) is 0.125. The van der Waals surface area contributed by atoms with Crippen molar-refractivity contribution in [2.45, 2.75) is 13.8 Å². The Morgan fingerprint density at radius 3 is 2.68 bits per heavy atom. The van der Waals surface area contributed by atoms with E-state index in [0.29, 0.717) is 14.2 Å². The Morgan fingerprint density at radius 2 is 2.05 bits per heavy atom. The predicted molar refractivity (Wildman–Crippen MR) is 96.6 cm³/mol. The van der Waals surface area contributed by atoms with Crippen molar-refractivity contribution >= 4 is 51.9 Å². The third-order valence-corrected chi connectivity index (χ3v) is 4.97. The summed E-state index contributed by atoms with van der Waals surface area (Å²) >= 11 is 12.6. The number of aryl methyl sites for hydroxylation is 1. The minimum absolute atomic E-state index is 0.141. The van der Waals surface area contributed by atoms with Crippen LogP contribution in [0.15, 0.2) is 35.2 Å². The van der Waals surface area contributed by atoms with Gasteiger partial charge in [0, 0.05) is 11.4 Å². The van der Waals surface area contributed by atoms with Crippen LogP contribution in [0, 0.1) is 13.8 Å². The van der Waals surface area contributed by atoms with E-state index in [-0.39, 0.29) is 5.91 Å². The summed E-state index contributed by atoms with van der Waals surface area (Å²) in [7, 11) is 0. The van der Waals surface area contributed by atoms with Crippen molar-refractivity contribution < 1.29 is 4.79 Å². The highest BCUT2D eigenvalue weighted by molar-refractivity contribution is 8.26. The number of thiocarbonyl (C=S) groups is 1. The number of para-hydroxylation sites is 1. The number of thioether (sulfide) groups is 1. The zero-order valence-electron chi connectivity index (χ0n) is 12.0. The molecule has 1 aromatic carbocycles. The number of amides is 1. The standard InChI is InChI=1S/C16H13ClN2OS2/c1-9-7-11(8-14-15(20)18-16(21)22-14)10(2)19(9)13-6-4-3-5-12(13)17/h3-8H,1-2H3,(H,18,20,21)/b14-8-.